The van der Waals surface area contributed by atoms with E-state index in [9.17, 15) is 0 Å². The molecule has 0 aliphatic carbocycles. The average Bonchev–Trinajstić information content (AvgIpc) is 2.86. The third-order valence-corrected chi connectivity index (χ3v) is 5.88. The van der Waals surface area contributed by atoms with Crippen molar-refractivity contribution in [3.63, 3.8) is 0 Å². The summed E-state index contributed by atoms with van der Waals surface area (Å²) in [6, 6.07) is 15.9. The monoisotopic (exact) mass is 480 g/mol. The third-order valence-electron chi connectivity index (χ3n) is 5.88. The SMILES string of the molecule is C=C(C)c1ccc(OC(C)OC2CCCCO2)cc1.C=C(C)c1ccc(OC2CCCCO2)cc1. The Bertz CT molecular complexity index is 907. The van der Waals surface area contributed by atoms with Gasteiger partial charge in [0.1, 0.15) is 11.5 Å². The first-order valence-electron chi connectivity index (χ1n) is 12.6. The van der Waals surface area contributed by atoms with Gasteiger partial charge in [-0.25, -0.2) is 0 Å². The second-order valence-corrected chi connectivity index (χ2v) is 9.14. The van der Waals surface area contributed by atoms with Crippen LogP contribution in [0.1, 0.15) is 70.4 Å². The van der Waals surface area contributed by atoms with Crippen LogP contribution in [0.15, 0.2) is 61.7 Å². The topological polar surface area (TPSA) is 46.2 Å². The highest BCUT2D eigenvalue weighted by Gasteiger charge is 2.18. The minimum Gasteiger partial charge on any atom is -0.465 e. The summed E-state index contributed by atoms with van der Waals surface area (Å²) in [5.41, 5.74) is 4.39. The molecule has 0 bridgehead atoms. The highest BCUT2D eigenvalue weighted by Crippen LogP contribution is 2.22. The van der Waals surface area contributed by atoms with Crippen LogP contribution in [-0.2, 0) is 14.2 Å². The first-order chi connectivity index (χ1) is 16.9. The van der Waals surface area contributed by atoms with Crippen molar-refractivity contribution in [3.8, 4) is 11.5 Å². The summed E-state index contributed by atoms with van der Waals surface area (Å²) >= 11 is 0. The quantitative estimate of drug-likeness (QED) is 0.364. The lowest BCUT2D eigenvalue weighted by Crippen LogP contribution is -2.29. The zero-order valence-electron chi connectivity index (χ0n) is 21.5. The van der Waals surface area contributed by atoms with Gasteiger partial charge in [0, 0.05) is 13.0 Å². The molecule has 0 aromatic heterocycles. The zero-order valence-corrected chi connectivity index (χ0v) is 21.5. The lowest BCUT2D eigenvalue weighted by Gasteiger charge is -2.26. The maximum atomic E-state index is 5.74. The Hall–Kier alpha value is -2.60. The van der Waals surface area contributed by atoms with Crippen LogP contribution in [-0.4, -0.2) is 32.1 Å². The summed E-state index contributed by atoms with van der Waals surface area (Å²) < 4.78 is 28.2. The van der Waals surface area contributed by atoms with Gasteiger partial charge in [-0.15, -0.1) is 0 Å². The summed E-state index contributed by atoms with van der Waals surface area (Å²) in [7, 11) is 0. The van der Waals surface area contributed by atoms with E-state index < -0.39 is 0 Å². The van der Waals surface area contributed by atoms with Crippen molar-refractivity contribution in [2.45, 2.75) is 78.2 Å². The van der Waals surface area contributed by atoms with Crippen molar-refractivity contribution in [3.05, 3.63) is 72.8 Å². The molecule has 3 atom stereocenters. The predicted octanol–water partition coefficient (Wildman–Crippen LogP) is 7.61. The predicted molar refractivity (Wildman–Crippen MR) is 141 cm³/mol. The normalized spacial score (nSPS) is 20.7. The molecular formula is C30H40O5. The maximum Gasteiger partial charge on any atom is 0.199 e. The van der Waals surface area contributed by atoms with Crippen LogP contribution in [0.3, 0.4) is 0 Å². The molecule has 3 unspecified atom stereocenters. The Morgan fingerprint density at radius 2 is 1.23 bits per heavy atom. The van der Waals surface area contributed by atoms with Crippen molar-refractivity contribution >= 4 is 11.1 Å². The molecule has 0 saturated carbocycles. The van der Waals surface area contributed by atoms with Crippen LogP contribution in [0, 0.1) is 0 Å². The smallest absolute Gasteiger partial charge is 0.199 e. The summed E-state index contributed by atoms with van der Waals surface area (Å²) in [5.74, 6) is 1.67. The van der Waals surface area contributed by atoms with Gasteiger partial charge in [-0.05, 0) is 88.3 Å². The summed E-state index contributed by atoms with van der Waals surface area (Å²) in [6.07, 6.45) is 6.05. The van der Waals surface area contributed by atoms with E-state index in [4.69, 9.17) is 23.7 Å². The minimum absolute atomic E-state index is 0.0653. The molecule has 2 aromatic carbocycles. The van der Waals surface area contributed by atoms with Crippen molar-refractivity contribution in [2.75, 3.05) is 13.2 Å². The van der Waals surface area contributed by atoms with Gasteiger partial charge in [0.15, 0.2) is 18.9 Å². The lowest BCUT2D eigenvalue weighted by atomic mass is 10.1. The fraction of sp³-hybridized carbons (Fsp3) is 0.467. The number of allylic oxidation sites excluding steroid dienone is 2. The van der Waals surface area contributed by atoms with E-state index in [-0.39, 0.29) is 18.9 Å². The number of hydrogen-bond acceptors (Lipinski definition) is 5. The van der Waals surface area contributed by atoms with Gasteiger partial charge in [-0.1, -0.05) is 48.6 Å². The second-order valence-electron chi connectivity index (χ2n) is 9.14. The molecule has 2 fully saturated rings. The van der Waals surface area contributed by atoms with E-state index in [0.717, 1.165) is 79.1 Å². The van der Waals surface area contributed by atoms with Gasteiger partial charge in [0.2, 0.25) is 0 Å². The minimum atomic E-state index is -0.307. The number of hydrogen-bond donors (Lipinski definition) is 0. The fourth-order valence-electron chi connectivity index (χ4n) is 3.84. The van der Waals surface area contributed by atoms with Crippen molar-refractivity contribution < 1.29 is 23.7 Å². The van der Waals surface area contributed by atoms with E-state index in [1.165, 1.54) is 6.42 Å². The maximum absolute atomic E-state index is 5.74. The number of rotatable bonds is 8. The van der Waals surface area contributed by atoms with E-state index in [1.54, 1.807) is 0 Å². The Morgan fingerprint density at radius 1 is 0.743 bits per heavy atom. The summed E-state index contributed by atoms with van der Waals surface area (Å²) in [4.78, 5) is 0. The highest BCUT2D eigenvalue weighted by molar-refractivity contribution is 5.62. The van der Waals surface area contributed by atoms with Crippen LogP contribution < -0.4 is 9.47 Å². The Balaban J connectivity index is 0.000000198. The molecule has 2 aromatic rings. The second kappa shape index (κ2) is 14.1. The van der Waals surface area contributed by atoms with Gasteiger partial charge in [-0.3, -0.25) is 0 Å². The Kier molecular flexibility index (Phi) is 10.9. The molecule has 2 heterocycles. The molecule has 0 amide bonds. The first kappa shape index (κ1) is 27.0. The highest BCUT2D eigenvalue weighted by atomic mass is 16.8. The van der Waals surface area contributed by atoms with Crippen LogP contribution >= 0.6 is 0 Å². The van der Waals surface area contributed by atoms with Crippen molar-refractivity contribution in [1.29, 1.82) is 0 Å². The molecule has 5 nitrogen and oxygen atoms in total. The van der Waals surface area contributed by atoms with Gasteiger partial charge in [0.05, 0.1) is 6.61 Å². The largest absolute Gasteiger partial charge is 0.465 e. The number of ether oxygens (including phenoxy) is 5. The Morgan fingerprint density at radius 3 is 1.69 bits per heavy atom. The van der Waals surface area contributed by atoms with Crippen molar-refractivity contribution in [1.82, 2.24) is 0 Å². The molecular weight excluding hydrogens is 440 g/mol. The first-order valence-corrected chi connectivity index (χ1v) is 12.6. The Labute approximate surface area is 210 Å². The van der Waals surface area contributed by atoms with E-state index in [0.29, 0.717) is 0 Å². The molecule has 0 spiro atoms. The average molecular weight is 481 g/mol. The molecule has 0 N–H and O–H groups in total. The van der Waals surface area contributed by atoms with E-state index >= 15 is 0 Å². The lowest BCUT2D eigenvalue weighted by molar-refractivity contribution is -0.225. The van der Waals surface area contributed by atoms with Gasteiger partial charge in [0.25, 0.3) is 0 Å². The third kappa shape index (κ3) is 9.52. The van der Waals surface area contributed by atoms with Crippen LogP contribution in [0.2, 0.25) is 0 Å². The summed E-state index contributed by atoms with van der Waals surface area (Å²) in [6.45, 7) is 15.3. The molecule has 4 rings (SSSR count). The van der Waals surface area contributed by atoms with Gasteiger partial charge < -0.3 is 23.7 Å². The molecule has 2 aliphatic rings. The zero-order chi connectivity index (χ0) is 25.0. The van der Waals surface area contributed by atoms with Gasteiger partial charge >= 0.3 is 0 Å². The molecule has 35 heavy (non-hydrogen) atoms. The molecule has 190 valence electrons. The van der Waals surface area contributed by atoms with Crippen LogP contribution in [0.5, 0.6) is 11.5 Å². The molecule has 2 saturated heterocycles. The summed E-state index contributed by atoms with van der Waals surface area (Å²) in [5, 5.41) is 0. The van der Waals surface area contributed by atoms with E-state index in [2.05, 4.69) is 13.2 Å². The fourth-order valence-corrected chi connectivity index (χ4v) is 3.84. The molecule has 5 heteroatoms. The molecule has 0 radical (unpaired) electrons. The number of benzene rings is 2. The standard InChI is InChI=1S/C16H22O3.C14H18O2/c1-12(2)14-7-9-15(10-8-14)18-13(3)19-16-6-4-5-11-17-16;1-11(2)12-6-8-13(9-7-12)16-14-5-3-4-10-15-14/h7-10,13,16H,1,4-6,11H2,2-3H3;6-9,14H,1,3-5,10H2,2H3. The van der Waals surface area contributed by atoms with Crippen LogP contribution in [0.25, 0.3) is 11.1 Å². The van der Waals surface area contributed by atoms with Gasteiger partial charge in [-0.2, -0.15) is 0 Å². The van der Waals surface area contributed by atoms with Crippen molar-refractivity contribution in [2.24, 2.45) is 0 Å². The molecule has 2 aliphatic heterocycles. The van der Waals surface area contributed by atoms with Crippen LogP contribution in [0.4, 0.5) is 0 Å². The van der Waals surface area contributed by atoms with E-state index in [1.807, 2.05) is 69.3 Å².